The van der Waals surface area contributed by atoms with Crippen molar-refractivity contribution in [2.45, 2.75) is 30.7 Å². The van der Waals surface area contributed by atoms with E-state index in [4.69, 9.17) is 20.1 Å². The third kappa shape index (κ3) is 9.47. The predicted octanol–water partition coefficient (Wildman–Crippen LogP) is 2.02. The van der Waals surface area contributed by atoms with Crippen LogP contribution >= 0.6 is 34.4 Å². The maximum absolute atomic E-state index is 11.8. The molecule has 27 heavy (non-hydrogen) atoms. The second-order valence-electron chi connectivity index (χ2n) is 5.34. The number of benzene rings is 1. The van der Waals surface area contributed by atoms with Crippen molar-refractivity contribution in [1.29, 1.82) is 0 Å². The van der Waals surface area contributed by atoms with E-state index in [0.29, 0.717) is 5.75 Å². The molecule has 0 bridgehead atoms. The number of thioether (sulfide) groups is 1. The molecule has 2 atom stereocenters. The first-order valence-electron chi connectivity index (χ1n) is 7.65. The highest BCUT2D eigenvalue weighted by atomic mass is 127. The van der Waals surface area contributed by atoms with Crippen molar-refractivity contribution in [2.24, 2.45) is 0 Å². The maximum Gasteiger partial charge on any atom is 0.408 e. The predicted molar refractivity (Wildman–Crippen MR) is 105 cm³/mol. The van der Waals surface area contributed by atoms with Gasteiger partial charge in [0.25, 0.3) is 0 Å². The number of hydrogen-bond acceptors (Lipinski definition) is 6. The minimum Gasteiger partial charge on any atom is -0.481 e. The van der Waals surface area contributed by atoms with Crippen LogP contribution < -0.4 is 5.32 Å². The molecule has 0 heterocycles. The van der Waals surface area contributed by atoms with E-state index >= 15 is 0 Å². The van der Waals surface area contributed by atoms with Crippen LogP contribution in [0.5, 0.6) is 0 Å². The second-order valence-corrected chi connectivity index (χ2v) is 7.62. The molecular formula is C16H18INO8S. The molecule has 0 saturated carbocycles. The van der Waals surface area contributed by atoms with E-state index in [1.54, 1.807) is 0 Å². The lowest BCUT2D eigenvalue weighted by Crippen LogP contribution is -2.44. The number of aliphatic carboxylic acids is 3. The molecule has 0 aromatic heterocycles. The smallest absolute Gasteiger partial charge is 0.408 e. The Bertz CT molecular complexity index is 682. The molecular weight excluding hydrogens is 493 g/mol. The molecule has 0 aliphatic carbocycles. The largest absolute Gasteiger partial charge is 0.481 e. The van der Waals surface area contributed by atoms with Gasteiger partial charge >= 0.3 is 24.0 Å². The quantitative estimate of drug-likeness (QED) is 0.327. The molecule has 1 amide bonds. The number of rotatable bonds is 11. The van der Waals surface area contributed by atoms with Crippen molar-refractivity contribution in [2.75, 3.05) is 5.75 Å². The van der Waals surface area contributed by atoms with E-state index in [9.17, 15) is 19.2 Å². The molecule has 1 aromatic rings. The lowest BCUT2D eigenvalue weighted by atomic mass is 10.1. The Morgan fingerprint density at radius 3 is 2.22 bits per heavy atom. The number of nitrogens with one attached hydrogen (secondary N) is 1. The van der Waals surface area contributed by atoms with Crippen LogP contribution in [0.25, 0.3) is 0 Å². The summed E-state index contributed by atoms with van der Waals surface area (Å²) in [4.78, 5) is 44.6. The number of ether oxygens (including phenoxy) is 1. The first-order chi connectivity index (χ1) is 12.7. The van der Waals surface area contributed by atoms with Crippen LogP contribution in [-0.2, 0) is 24.9 Å². The summed E-state index contributed by atoms with van der Waals surface area (Å²) in [7, 11) is 0. The minimum absolute atomic E-state index is 0.0262. The van der Waals surface area contributed by atoms with Gasteiger partial charge in [0, 0.05) is 21.5 Å². The highest BCUT2D eigenvalue weighted by Crippen LogP contribution is 2.16. The summed E-state index contributed by atoms with van der Waals surface area (Å²) in [5.74, 6) is -3.53. The number of hydrogen-bond donors (Lipinski definition) is 4. The number of amides is 1. The van der Waals surface area contributed by atoms with Gasteiger partial charge < -0.3 is 25.4 Å². The zero-order valence-electron chi connectivity index (χ0n) is 14.0. The summed E-state index contributed by atoms with van der Waals surface area (Å²) in [6, 6.07) is 6.15. The van der Waals surface area contributed by atoms with Crippen molar-refractivity contribution in [3.63, 3.8) is 0 Å². The number of carboxylic acids is 3. The van der Waals surface area contributed by atoms with Gasteiger partial charge in [-0.3, -0.25) is 4.79 Å². The molecule has 0 saturated heterocycles. The lowest BCUT2D eigenvalue weighted by Gasteiger charge is -2.17. The van der Waals surface area contributed by atoms with Crippen LogP contribution in [0, 0.1) is 3.57 Å². The standard InChI is InChI=1S/C16H18INO8S/c17-10-3-1-9(2-4-10)7-27-8-12(15(23)24)26-16(25)18-11(14(21)22)5-6-13(19)20/h1-4,11-12H,5-8H2,(H,18,25)(H,19,20)(H,21,22)(H,23,24)/t11-,12-/m0/s1. The van der Waals surface area contributed by atoms with Crippen LogP contribution in [0.1, 0.15) is 18.4 Å². The van der Waals surface area contributed by atoms with Crippen LogP contribution in [-0.4, -0.2) is 57.2 Å². The van der Waals surface area contributed by atoms with Crippen LogP contribution in [0.4, 0.5) is 4.79 Å². The van der Waals surface area contributed by atoms with Crippen molar-refractivity contribution >= 4 is 58.4 Å². The van der Waals surface area contributed by atoms with E-state index in [0.717, 1.165) is 9.13 Å². The molecule has 1 rings (SSSR count). The van der Waals surface area contributed by atoms with Crippen molar-refractivity contribution in [1.82, 2.24) is 5.32 Å². The van der Waals surface area contributed by atoms with Gasteiger partial charge in [0.05, 0.1) is 0 Å². The normalized spacial score (nSPS) is 12.6. The summed E-state index contributed by atoms with van der Waals surface area (Å²) < 4.78 is 5.84. The molecule has 0 unspecified atom stereocenters. The number of carbonyl (C=O) groups excluding carboxylic acids is 1. The Morgan fingerprint density at radius 2 is 1.70 bits per heavy atom. The molecule has 148 valence electrons. The lowest BCUT2D eigenvalue weighted by molar-refractivity contribution is -0.145. The summed E-state index contributed by atoms with van der Waals surface area (Å²) in [5.41, 5.74) is 0.980. The molecule has 9 nitrogen and oxygen atoms in total. The highest BCUT2D eigenvalue weighted by molar-refractivity contribution is 14.1. The third-order valence-corrected chi connectivity index (χ3v) is 5.01. The van der Waals surface area contributed by atoms with E-state index in [2.05, 4.69) is 22.6 Å². The van der Waals surface area contributed by atoms with E-state index in [1.165, 1.54) is 11.8 Å². The van der Waals surface area contributed by atoms with E-state index < -0.39 is 42.6 Å². The Labute approximate surface area is 172 Å². The average molecular weight is 511 g/mol. The monoisotopic (exact) mass is 511 g/mol. The van der Waals surface area contributed by atoms with Gasteiger partial charge in [-0.1, -0.05) is 12.1 Å². The Morgan fingerprint density at radius 1 is 1.07 bits per heavy atom. The summed E-state index contributed by atoms with van der Waals surface area (Å²) in [6.07, 6.45) is -3.51. The fourth-order valence-electron chi connectivity index (χ4n) is 1.85. The zero-order chi connectivity index (χ0) is 20.4. The third-order valence-electron chi connectivity index (χ3n) is 3.21. The van der Waals surface area contributed by atoms with Gasteiger partial charge in [0.2, 0.25) is 6.10 Å². The van der Waals surface area contributed by atoms with Gasteiger partial charge in [-0.15, -0.1) is 0 Å². The van der Waals surface area contributed by atoms with Crippen molar-refractivity contribution < 1.29 is 39.2 Å². The highest BCUT2D eigenvalue weighted by Gasteiger charge is 2.26. The van der Waals surface area contributed by atoms with E-state index in [-0.39, 0.29) is 12.2 Å². The topological polar surface area (TPSA) is 150 Å². The van der Waals surface area contributed by atoms with Crippen molar-refractivity contribution in [3.8, 4) is 0 Å². The van der Waals surface area contributed by atoms with Crippen molar-refractivity contribution in [3.05, 3.63) is 33.4 Å². The summed E-state index contributed by atoms with van der Waals surface area (Å²) in [6.45, 7) is 0. The number of halogens is 1. The molecule has 1 aromatic carbocycles. The van der Waals surface area contributed by atoms with Crippen LogP contribution in [0.15, 0.2) is 24.3 Å². The molecule has 0 radical (unpaired) electrons. The fourth-order valence-corrected chi connectivity index (χ4v) is 3.18. The zero-order valence-corrected chi connectivity index (χ0v) is 16.9. The summed E-state index contributed by atoms with van der Waals surface area (Å²) in [5, 5.41) is 28.7. The Hall–Kier alpha value is -2.02. The Kier molecular flexibility index (Phi) is 9.93. The Balaban J connectivity index is 2.52. The number of alkyl carbamates (subject to hydrolysis) is 1. The molecule has 4 N–H and O–H groups in total. The first-order valence-corrected chi connectivity index (χ1v) is 9.89. The molecule has 0 spiro atoms. The average Bonchev–Trinajstić information content (AvgIpc) is 2.58. The molecule has 0 fully saturated rings. The van der Waals surface area contributed by atoms with Gasteiger partial charge in [0.1, 0.15) is 6.04 Å². The number of carboxylic acid groups (broad SMARTS) is 3. The molecule has 0 aliphatic rings. The molecule has 11 heteroatoms. The van der Waals surface area contributed by atoms with Gasteiger partial charge in [-0.05, 0) is 46.7 Å². The van der Waals surface area contributed by atoms with E-state index in [1.807, 2.05) is 29.6 Å². The SMILES string of the molecule is O=C(O)CC[C@H](NC(=O)O[C@@H](CSCc1ccc(I)cc1)C(=O)O)C(=O)O. The first kappa shape index (κ1) is 23.0. The van der Waals surface area contributed by atoms with Crippen LogP contribution in [0.3, 0.4) is 0 Å². The number of carbonyl (C=O) groups is 4. The fraction of sp³-hybridized carbons (Fsp3) is 0.375. The van der Waals surface area contributed by atoms with Gasteiger partial charge in [-0.2, -0.15) is 11.8 Å². The van der Waals surface area contributed by atoms with Crippen LogP contribution in [0.2, 0.25) is 0 Å². The summed E-state index contributed by atoms with van der Waals surface area (Å²) >= 11 is 3.41. The van der Waals surface area contributed by atoms with Gasteiger partial charge in [0.15, 0.2) is 0 Å². The second kappa shape index (κ2) is 11.6. The van der Waals surface area contributed by atoms with Gasteiger partial charge in [-0.25, -0.2) is 14.4 Å². The minimum atomic E-state index is -1.48. The molecule has 0 aliphatic heterocycles. The maximum atomic E-state index is 11.8.